The van der Waals surface area contributed by atoms with E-state index in [0.29, 0.717) is 5.92 Å². The zero-order valence-corrected chi connectivity index (χ0v) is 10.1. The van der Waals surface area contributed by atoms with Crippen LogP contribution in [0.15, 0.2) is 24.3 Å². The van der Waals surface area contributed by atoms with Gasteiger partial charge in [-0.25, -0.2) is 0 Å². The molecule has 0 aliphatic carbocycles. The molecule has 0 heterocycles. The van der Waals surface area contributed by atoms with Crippen LogP contribution in [0.2, 0.25) is 0 Å². The highest BCUT2D eigenvalue weighted by atomic mass is 16.3. The van der Waals surface area contributed by atoms with E-state index in [4.69, 9.17) is 16.6 Å². The highest BCUT2D eigenvalue weighted by Gasteiger charge is 2.14. The third kappa shape index (κ3) is 3.04. The van der Waals surface area contributed by atoms with Crippen LogP contribution in [-0.4, -0.2) is 17.8 Å². The van der Waals surface area contributed by atoms with Crippen molar-refractivity contribution in [3.63, 3.8) is 0 Å². The first-order valence-electron chi connectivity index (χ1n) is 5.82. The van der Waals surface area contributed by atoms with Gasteiger partial charge in [-0.15, -0.1) is 0 Å². The summed E-state index contributed by atoms with van der Waals surface area (Å²) in [6.07, 6.45) is 1.13. The van der Waals surface area contributed by atoms with Crippen molar-refractivity contribution < 1.29 is 5.11 Å². The average Bonchev–Trinajstić information content (AvgIpc) is 2.36. The number of hydrogen-bond acceptors (Lipinski definition) is 3. The molecule has 0 aromatic heterocycles. The zero-order chi connectivity index (χ0) is 12.1. The molecule has 3 nitrogen and oxygen atoms in total. The van der Waals surface area contributed by atoms with Gasteiger partial charge in [-0.3, -0.25) is 0 Å². The van der Waals surface area contributed by atoms with Gasteiger partial charge >= 0.3 is 0 Å². The maximum atomic E-state index is 8.94. The predicted molar refractivity (Wildman–Crippen MR) is 67.1 cm³/mol. The van der Waals surface area contributed by atoms with Gasteiger partial charge in [0.15, 0.2) is 0 Å². The standard InChI is InChI=1S/C13H22N2O/c1-3-9(2)10-4-6-11(7-5-10)13(15)12(14)8-16/h4-7,9,12-13,16H,3,8,14-15H2,1-2H3. The van der Waals surface area contributed by atoms with E-state index >= 15 is 0 Å². The van der Waals surface area contributed by atoms with Crippen molar-refractivity contribution in [1.29, 1.82) is 0 Å². The smallest absolute Gasteiger partial charge is 0.0601 e. The van der Waals surface area contributed by atoms with Gasteiger partial charge in [-0.1, -0.05) is 38.1 Å². The highest BCUT2D eigenvalue weighted by Crippen LogP contribution is 2.21. The number of benzene rings is 1. The Morgan fingerprint density at radius 2 is 1.62 bits per heavy atom. The minimum absolute atomic E-state index is 0.0890. The van der Waals surface area contributed by atoms with Gasteiger partial charge in [0.05, 0.1) is 6.61 Å². The SMILES string of the molecule is CCC(C)c1ccc(C(N)C(N)CO)cc1. The van der Waals surface area contributed by atoms with Crippen molar-refractivity contribution in [1.82, 2.24) is 0 Å². The van der Waals surface area contributed by atoms with Crippen LogP contribution in [0.3, 0.4) is 0 Å². The van der Waals surface area contributed by atoms with Gasteiger partial charge in [-0.05, 0) is 23.5 Å². The van der Waals surface area contributed by atoms with E-state index in [1.807, 2.05) is 12.1 Å². The molecule has 16 heavy (non-hydrogen) atoms. The molecule has 5 N–H and O–H groups in total. The first-order valence-corrected chi connectivity index (χ1v) is 5.82. The summed E-state index contributed by atoms with van der Waals surface area (Å²) >= 11 is 0. The predicted octanol–water partition coefficient (Wildman–Crippen LogP) is 1.52. The lowest BCUT2D eigenvalue weighted by molar-refractivity contribution is 0.250. The minimum atomic E-state index is -0.394. The highest BCUT2D eigenvalue weighted by molar-refractivity contribution is 5.27. The van der Waals surface area contributed by atoms with Crippen LogP contribution in [0.5, 0.6) is 0 Å². The molecule has 0 saturated carbocycles. The van der Waals surface area contributed by atoms with Crippen molar-refractivity contribution in [2.75, 3.05) is 6.61 Å². The molecule has 0 amide bonds. The molecule has 0 bridgehead atoms. The number of aliphatic hydroxyl groups is 1. The van der Waals surface area contributed by atoms with E-state index in [0.717, 1.165) is 12.0 Å². The maximum absolute atomic E-state index is 8.94. The van der Waals surface area contributed by atoms with Crippen LogP contribution in [0.1, 0.15) is 43.4 Å². The van der Waals surface area contributed by atoms with Crippen LogP contribution >= 0.6 is 0 Å². The van der Waals surface area contributed by atoms with Crippen LogP contribution in [-0.2, 0) is 0 Å². The molecule has 3 unspecified atom stereocenters. The molecule has 0 saturated heterocycles. The second-order valence-corrected chi connectivity index (χ2v) is 4.35. The van der Waals surface area contributed by atoms with Crippen LogP contribution < -0.4 is 11.5 Å². The van der Waals surface area contributed by atoms with Crippen LogP contribution in [0.25, 0.3) is 0 Å². The number of hydrogen-bond donors (Lipinski definition) is 3. The molecule has 0 aliphatic heterocycles. The average molecular weight is 222 g/mol. The van der Waals surface area contributed by atoms with Crippen molar-refractivity contribution in [2.45, 2.75) is 38.3 Å². The lowest BCUT2D eigenvalue weighted by Gasteiger charge is -2.19. The van der Waals surface area contributed by atoms with Gasteiger partial charge in [0.25, 0.3) is 0 Å². The molecule has 0 radical (unpaired) electrons. The first-order chi connectivity index (χ1) is 7.60. The van der Waals surface area contributed by atoms with E-state index in [2.05, 4.69) is 26.0 Å². The molecule has 0 aliphatic rings. The second-order valence-electron chi connectivity index (χ2n) is 4.35. The van der Waals surface area contributed by atoms with Crippen molar-refractivity contribution in [3.05, 3.63) is 35.4 Å². The second kappa shape index (κ2) is 5.99. The molecule has 1 rings (SSSR count). The fourth-order valence-electron chi connectivity index (χ4n) is 1.64. The van der Waals surface area contributed by atoms with E-state index in [1.54, 1.807) is 0 Å². The summed E-state index contributed by atoms with van der Waals surface area (Å²) < 4.78 is 0. The van der Waals surface area contributed by atoms with Gasteiger partial charge in [0.2, 0.25) is 0 Å². The topological polar surface area (TPSA) is 72.3 Å². The number of aliphatic hydroxyl groups excluding tert-OH is 1. The molecular formula is C13H22N2O. The monoisotopic (exact) mass is 222 g/mol. The molecule has 0 fully saturated rings. The molecule has 3 heteroatoms. The van der Waals surface area contributed by atoms with Crippen LogP contribution in [0, 0.1) is 0 Å². The fourth-order valence-corrected chi connectivity index (χ4v) is 1.64. The molecule has 1 aromatic rings. The molecule has 0 spiro atoms. The van der Waals surface area contributed by atoms with E-state index in [-0.39, 0.29) is 12.6 Å². The Morgan fingerprint density at radius 3 is 2.06 bits per heavy atom. The van der Waals surface area contributed by atoms with Gasteiger partial charge in [0, 0.05) is 12.1 Å². The lowest BCUT2D eigenvalue weighted by atomic mass is 9.94. The Kier molecular flexibility index (Phi) is 4.93. The molecular weight excluding hydrogens is 200 g/mol. The normalized spacial score (nSPS) is 16.8. The quantitative estimate of drug-likeness (QED) is 0.707. The third-order valence-corrected chi connectivity index (χ3v) is 3.17. The summed E-state index contributed by atoms with van der Waals surface area (Å²) in [4.78, 5) is 0. The fraction of sp³-hybridized carbons (Fsp3) is 0.538. The Morgan fingerprint density at radius 1 is 1.12 bits per heavy atom. The van der Waals surface area contributed by atoms with Gasteiger partial charge < -0.3 is 16.6 Å². The van der Waals surface area contributed by atoms with E-state index in [9.17, 15) is 0 Å². The van der Waals surface area contributed by atoms with Gasteiger partial charge in [-0.2, -0.15) is 0 Å². The summed E-state index contributed by atoms with van der Waals surface area (Å²) in [5.74, 6) is 0.566. The summed E-state index contributed by atoms with van der Waals surface area (Å²) in [5, 5.41) is 8.94. The van der Waals surface area contributed by atoms with E-state index in [1.165, 1.54) is 5.56 Å². The van der Waals surface area contributed by atoms with Crippen molar-refractivity contribution >= 4 is 0 Å². The van der Waals surface area contributed by atoms with E-state index < -0.39 is 6.04 Å². The maximum Gasteiger partial charge on any atom is 0.0601 e. The van der Waals surface area contributed by atoms with Crippen molar-refractivity contribution in [3.8, 4) is 0 Å². The summed E-state index contributed by atoms with van der Waals surface area (Å²) in [5.41, 5.74) is 13.9. The Bertz CT molecular complexity index is 310. The van der Waals surface area contributed by atoms with Crippen molar-refractivity contribution in [2.24, 2.45) is 11.5 Å². The molecule has 3 atom stereocenters. The first kappa shape index (κ1) is 13.2. The summed E-state index contributed by atoms with van der Waals surface area (Å²) in [6, 6.07) is 7.50. The largest absolute Gasteiger partial charge is 0.395 e. The number of nitrogens with two attached hydrogens (primary N) is 2. The molecule has 1 aromatic carbocycles. The summed E-state index contributed by atoms with van der Waals surface area (Å²) in [6.45, 7) is 4.29. The Balaban J connectivity index is 2.78. The van der Waals surface area contributed by atoms with Crippen LogP contribution in [0.4, 0.5) is 0 Å². The lowest BCUT2D eigenvalue weighted by Crippen LogP contribution is -2.37. The zero-order valence-electron chi connectivity index (χ0n) is 10.1. The Hall–Kier alpha value is -0.900. The van der Waals surface area contributed by atoms with Gasteiger partial charge in [0.1, 0.15) is 0 Å². The third-order valence-electron chi connectivity index (χ3n) is 3.17. The molecule has 90 valence electrons. The Labute approximate surface area is 97.5 Å². The minimum Gasteiger partial charge on any atom is -0.395 e. The number of rotatable bonds is 5. The summed E-state index contributed by atoms with van der Waals surface area (Å²) in [7, 11) is 0.